The number of hydrogen-bond donors (Lipinski definition) is 3. The Morgan fingerprint density at radius 1 is 1.28 bits per heavy atom. The van der Waals surface area contributed by atoms with Gasteiger partial charge in [0.05, 0.1) is 11.8 Å². The standard InChI is InChI=1S/C14H16N2O2/c17-10-3-1-9(2-4-10)7-14-15-12-6-5-11(18)8-13(12)16-14/h1-4,11,17-18H,5-8H2,(H,15,16). The number of H-pyrrole nitrogens is 1. The van der Waals surface area contributed by atoms with Crippen molar-refractivity contribution in [1.29, 1.82) is 0 Å². The highest BCUT2D eigenvalue weighted by atomic mass is 16.3. The van der Waals surface area contributed by atoms with Crippen molar-refractivity contribution in [2.24, 2.45) is 0 Å². The van der Waals surface area contributed by atoms with E-state index in [-0.39, 0.29) is 11.9 Å². The number of aromatic amines is 1. The lowest BCUT2D eigenvalue weighted by atomic mass is 9.99. The quantitative estimate of drug-likeness (QED) is 0.750. The summed E-state index contributed by atoms with van der Waals surface area (Å²) in [5.41, 5.74) is 3.27. The van der Waals surface area contributed by atoms with E-state index in [9.17, 15) is 10.2 Å². The molecule has 1 aliphatic carbocycles. The minimum Gasteiger partial charge on any atom is -0.508 e. The Morgan fingerprint density at radius 3 is 2.83 bits per heavy atom. The smallest absolute Gasteiger partial charge is 0.115 e. The molecular formula is C14H16N2O2. The van der Waals surface area contributed by atoms with Gasteiger partial charge in [-0.1, -0.05) is 12.1 Å². The van der Waals surface area contributed by atoms with Gasteiger partial charge < -0.3 is 15.2 Å². The SMILES string of the molecule is Oc1ccc(Cc2nc3c([nH]2)CC(O)CC3)cc1. The molecule has 0 saturated heterocycles. The first kappa shape index (κ1) is 11.3. The molecule has 4 nitrogen and oxygen atoms in total. The molecule has 1 aromatic carbocycles. The van der Waals surface area contributed by atoms with Crippen LogP contribution in [-0.4, -0.2) is 26.3 Å². The van der Waals surface area contributed by atoms with Crippen LogP contribution in [0.5, 0.6) is 5.75 Å². The molecule has 0 radical (unpaired) electrons. The highest BCUT2D eigenvalue weighted by molar-refractivity contribution is 5.29. The lowest BCUT2D eigenvalue weighted by Crippen LogP contribution is -2.18. The van der Waals surface area contributed by atoms with Crippen LogP contribution in [0, 0.1) is 0 Å². The normalized spacial score (nSPS) is 18.6. The van der Waals surface area contributed by atoms with Gasteiger partial charge in [0.2, 0.25) is 0 Å². The molecule has 3 N–H and O–H groups in total. The second kappa shape index (κ2) is 4.46. The summed E-state index contributed by atoms with van der Waals surface area (Å²) in [6, 6.07) is 7.15. The number of phenols is 1. The Balaban J connectivity index is 1.79. The minimum absolute atomic E-state index is 0.237. The number of aryl methyl sites for hydroxylation is 1. The van der Waals surface area contributed by atoms with E-state index in [0.29, 0.717) is 6.42 Å². The highest BCUT2D eigenvalue weighted by Crippen LogP contribution is 2.20. The third-order valence-electron chi connectivity index (χ3n) is 3.38. The number of benzene rings is 1. The molecule has 1 heterocycles. The predicted molar refractivity (Wildman–Crippen MR) is 67.5 cm³/mol. The van der Waals surface area contributed by atoms with Crippen LogP contribution in [0.15, 0.2) is 24.3 Å². The van der Waals surface area contributed by atoms with Gasteiger partial charge in [-0.15, -0.1) is 0 Å². The van der Waals surface area contributed by atoms with E-state index in [1.165, 1.54) is 0 Å². The van der Waals surface area contributed by atoms with Gasteiger partial charge in [0.25, 0.3) is 0 Å². The Hall–Kier alpha value is -1.81. The zero-order valence-electron chi connectivity index (χ0n) is 10.1. The Morgan fingerprint density at radius 2 is 2.06 bits per heavy atom. The first-order chi connectivity index (χ1) is 8.70. The van der Waals surface area contributed by atoms with Crippen LogP contribution in [-0.2, 0) is 19.3 Å². The Bertz CT molecular complexity index is 545. The van der Waals surface area contributed by atoms with Gasteiger partial charge in [-0.3, -0.25) is 0 Å². The number of rotatable bonds is 2. The molecule has 1 aliphatic rings. The number of fused-ring (bicyclic) bond motifs is 1. The average molecular weight is 244 g/mol. The first-order valence-electron chi connectivity index (χ1n) is 6.23. The lowest BCUT2D eigenvalue weighted by molar-refractivity contribution is 0.157. The summed E-state index contributed by atoms with van der Waals surface area (Å²) in [7, 11) is 0. The number of aromatic hydroxyl groups is 1. The van der Waals surface area contributed by atoms with Crippen molar-refractivity contribution in [2.75, 3.05) is 0 Å². The molecule has 1 atom stereocenters. The van der Waals surface area contributed by atoms with Gasteiger partial charge in [-0.25, -0.2) is 4.98 Å². The molecule has 4 heteroatoms. The summed E-state index contributed by atoms with van der Waals surface area (Å²) in [6.45, 7) is 0. The summed E-state index contributed by atoms with van der Waals surface area (Å²) >= 11 is 0. The van der Waals surface area contributed by atoms with Crippen LogP contribution in [0.1, 0.15) is 29.2 Å². The monoisotopic (exact) mass is 244 g/mol. The topological polar surface area (TPSA) is 69.1 Å². The molecule has 0 aliphatic heterocycles. The average Bonchev–Trinajstić information content (AvgIpc) is 2.73. The molecule has 2 aromatic rings. The molecule has 3 rings (SSSR count). The van der Waals surface area contributed by atoms with Crippen molar-refractivity contribution in [3.63, 3.8) is 0 Å². The van der Waals surface area contributed by atoms with Crippen LogP contribution in [0.4, 0.5) is 0 Å². The van der Waals surface area contributed by atoms with E-state index in [0.717, 1.165) is 42.0 Å². The zero-order valence-corrected chi connectivity index (χ0v) is 10.1. The van der Waals surface area contributed by atoms with Crippen molar-refractivity contribution < 1.29 is 10.2 Å². The van der Waals surface area contributed by atoms with E-state index >= 15 is 0 Å². The number of aromatic nitrogens is 2. The molecular weight excluding hydrogens is 228 g/mol. The zero-order chi connectivity index (χ0) is 12.5. The number of imidazole rings is 1. The Labute approximate surface area is 105 Å². The van der Waals surface area contributed by atoms with E-state index < -0.39 is 0 Å². The largest absolute Gasteiger partial charge is 0.508 e. The van der Waals surface area contributed by atoms with E-state index in [2.05, 4.69) is 9.97 Å². The van der Waals surface area contributed by atoms with Gasteiger partial charge >= 0.3 is 0 Å². The maximum atomic E-state index is 9.61. The van der Waals surface area contributed by atoms with Gasteiger partial charge in [-0.05, 0) is 30.5 Å². The van der Waals surface area contributed by atoms with Crippen LogP contribution >= 0.6 is 0 Å². The number of phenolic OH excluding ortho intramolecular Hbond substituents is 1. The van der Waals surface area contributed by atoms with E-state index in [1.807, 2.05) is 12.1 Å². The molecule has 0 saturated carbocycles. The van der Waals surface area contributed by atoms with Gasteiger partial charge in [-0.2, -0.15) is 0 Å². The van der Waals surface area contributed by atoms with Crippen molar-refractivity contribution in [3.8, 4) is 5.75 Å². The van der Waals surface area contributed by atoms with Gasteiger partial charge in [0, 0.05) is 18.5 Å². The number of aliphatic hydroxyl groups is 1. The fourth-order valence-corrected chi connectivity index (χ4v) is 2.41. The maximum absolute atomic E-state index is 9.61. The summed E-state index contributed by atoms with van der Waals surface area (Å²) in [5, 5.41) is 18.8. The third kappa shape index (κ3) is 2.24. The maximum Gasteiger partial charge on any atom is 0.115 e. The summed E-state index contributed by atoms with van der Waals surface area (Å²) in [6.07, 6.45) is 2.82. The summed E-state index contributed by atoms with van der Waals surface area (Å²) in [4.78, 5) is 7.87. The second-order valence-electron chi connectivity index (χ2n) is 4.85. The molecule has 94 valence electrons. The lowest BCUT2D eigenvalue weighted by Gasteiger charge is -2.14. The van der Waals surface area contributed by atoms with Crippen LogP contribution in [0.25, 0.3) is 0 Å². The van der Waals surface area contributed by atoms with E-state index in [4.69, 9.17) is 0 Å². The third-order valence-corrected chi connectivity index (χ3v) is 3.38. The fourth-order valence-electron chi connectivity index (χ4n) is 2.41. The second-order valence-corrected chi connectivity index (χ2v) is 4.85. The first-order valence-corrected chi connectivity index (χ1v) is 6.23. The molecule has 0 bridgehead atoms. The predicted octanol–water partition coefficient (Wildman–Crippen LogP) is 1.56. The van der Waals surface area contributed by atoms with Gasteiger partial charge in [0.15, 0.2) is 0 Å². The van der Waals surface area contributed by atoms with Crippen LogP contribution < -0.4 is 0 Å². The number of nitrogens with zero attached hydrogens (tertiary/aromatic N) is 1. The van der Waals surface area contributed by atoms with Gasteiger partial charge in [0.1, 0.15) is 11.6 Å². The van der Waals surface area contributed by atoms with Crippen molar-refractivity contribution in [2.45, 2.75) is 31.8 Å². The van der Waals surface area contributed by atoms with Crippen LogP contribution in [0.3, 0.4) is 0 Å². The molecule has 0 fully saturated rings. The summed E-state index contributed by atoms with van der Waals surface area (Å²) < 4.78 is 0. The number of hydrogen-bond acceptors (Lipinski definition) is 3. The van der Waals surface area contributed by atoms with E-state index in [1.54, 1.807) is 12.1 Å². The van der Waals surface area contributed by atoms with Crippen molar-refractivity contribution >= 4 is 0 Å². The van der Waals surface area contributed by atoms with Crippen molar-refractivity contribution in [1.82, 2.24) is 9.97 Å². The minimum atomic E-state index is -0.237. The number of nitrogens with one attached hydrogen (secondary N) is 1. The fraction of sp³-hybridized carbons (Fsp3) is 0.357. The molecule has 0 spiro atoms. The molecule has 1 aromatic heterocycles. The highest BCUT2D eigenvalue weighted by Gasteiger charge is 2.20. The van der Waals surface area contributed by atoms with Crippen LogP contribution in [0.2, 0.25) is 0 Å². The van der Waals surface area contributed by atoms with Crippen molar-refractivity contribution in [3.05, 3.63) is 47.0 Å². The molecule has 0 amide bonds. The number of aliphatic hydroxyl groups excluding tert-OH is 1. The molecule has 1 unspecified atom stereocenters. The Kier molecular flexibility index (Phi) is 2.80. The summed E-state index contributed by atoms with van der Waals surface area (Å²) in [5.74, 6) is 1.21. The molecule has 18 heavy (non-hydrogen) atoms.